The van der Waals surface area contributed by atoms with Crippen molar-refractivity contribution >= 4 is 33.7 Å². The first kappa shape index (κ1) is 24.8. The van der Waals surface area contributed by atoms with E-state index in [0.29, 0.717) is 43.9 Å². The second-order valence-corrected chi connectivity index (χ2v) is 8.86. The van der Waals surface area contributed by atoms with Crippen LogP contribution in [0.5, 0.6) is 5.75 Å². The van der Waals surface area contributed by atoms with Gasteiger partial charge in [-0.05, 0) is 37.1 Å². The molecule has 3 rings (SSSR count). The number of piperazine rings is 1. The Morgan fingerprint density at radius 2 is 1.97 bits per heavy atom. The highest BCUT2D eigenvalue weighted by atomic mass is 79.9. The molecule has 8 heteroatoms. The number of ether oxygens (including phenoxy) is 2. The van der Waals surface area contributed by atoms with E-state index < -0.39 is 12.0 Å². The molecule has 176 valence electrons. The highest BCUT2D eigenvalue weighted by Crippen LogP contribution is 2.27. The number of nitrogens with one attached hydrogen (secondary N) is 1. The van der Waals surface area contributed by atoms with Crippen molar-refractivity contribution < 1.29 is 23.9 Å². The van der Waals surface area contributed by atoms with Gasteiger partial charge in [-0.25, -0.2) is 0 Å². The lowest BCUT2D eigenvalue weighted by molar-refractivity contribution is -0.151. The summed E-state index contributed by atoms with van der Waals surface area (Å²) in [4.78, 5) is 39.9. The summed E-state index contributed by atoms with van der Waals surface area (Å²) in [7, 11) is 0. The number of esters is 1. The lowest BCUT2D eigenvalue weighted by Crippen LogP contribution is -2.58. The van der Waals surface area contributed by atoms with Crippen molar-refractivity contribution in [3.8, 4) is 5.75 Å². The monoisotopic (exact) mass is 516 g/mol. The lowest BCUT2D eigenvalue weighted by Gasteiger charge is -2.35. The van der Waals surface area contributed by atoms with Crippen molar-refractivity contribution in [3.05, 3.63) is 64.1 Å². The Morgan fingerprint density at radius 3 is 2.70 bits per heavy atom. The molecule has 2 aromatic rings. The van der Waals surface area contributed by atoms with Crippen LogP contribution in [0.4, 0.5) is 0 Å². The molecule has 2 atom stereocenters. The predicted octanol–water partition coefficient (Wildman–Crippen LogP) is 3.74. The molecule has 0 aliphatic carbocycles. The van der Waals surface area contributed by atoms with Crippen molar-refractivity contribution in [2.24, 2.45) is 0 Å². The van der Waals surface area contributed by atoms with Gasteiger partial charge < -0.3 is 19.7 Å². The van der Waals surface area contributed by atoms with E-state index in [1.165, 1.54) is 4.90 Å². The van der Waals surface area contributed by atoms with Gasteiger partial charge in [0, 0.05) is 24.0 Å². The maximum atomic E-state index is 13.5. The zero-order chi connectivity index (χ0) is 23.8. The maximum Gasteiger partial charge on any atom is 0.308 e. The summed E-state index contributed by atoms with van der Waals surface area (Å²) in [5.74, 6) is -0.789. The number of hydrogen-bond donors (Lipinski definition) is 1. The molecule has 7 nitrogen and oxygen atoms in total. The minimum atomic E-state index is -0.932. The van der Waals surface area contributed by atoms with Gasteiger partial charge >= 0.3 is 5.97 Å². The van der Waals surface area contributed by atoms with Gasteiger partial charge in [-0.3, -0.25) is 14.4 Å². The van der Waals surface area contributed by atoms with Gasteiger partial charge in [0.15, 0.2) is 0 Å². The third-order valence-electron chi connectivity index (χ3n) is 5.52. The molecule has 0 spiro atoms. The van der Waals surface area contributed by atoms with Gasteiger partial charge in [-0.1, -0.05) is 53.2 Å². The average Bonchev–Trinajstić information content (AvgIpc) is 2.81. The van der Waals surface area contributed by atoms with Crippen LogP contribution in [0, 0.1) is 0 Å². The van der Waals surface area contributed by atoms with Gasteiger partial charge in [0.2, 0.25) is 5.91 Å². The van der Waals surface area contributed by atoms with Gasteiger partial charge in [-0.2, -0.15) is 0 Å². The predicted molar refractivity (Wildman–Crippen MR) is 128 cm³/mol. The van der Waals surface area contributed by atoms with E-state index in [9.17, 15) is 14.4 Å². The van der Waals surface area contributed by atoms with E-state index in [1.54, 1.807) is 25.1 Å². The van der Waals surface area contributed by atoms with Crippen LogP contribution in [-0.4, -0.2) is 54.5 Å². The molecule has 1 heterocycles. The summed E-state index contributed by atoms with van der Waals surface area (Å²) in [6.45, 7) is 4.72. The third kappa shape index (κ3) is 6.81. The van der Waals surface area contributed by atoms with Crippen LogP contribution in [0.15, 0.2) is 53.0 Å². The molecule has 0 aromatic heterocycles. The van der Waals surface area contributed by atoms with Gasteiger partial charge in [0.1, 0.15) is 11.8 Å². The molecule has 2 amide bonds. The van der Waals surface area contributed by atoms with Crippen LogP contribution in [-0.2, 0) is 20.7 Å². The van der Waals surface area contributed by atoms with E-state index in [-0.39, 0.29) is 24.3 Å². The van der Waals surface area contributed by atoms with Crippen molar-refractivity contribution in [1.82, 2.24) is 10.2 Å². The quantitative estimate of drug-likeness (QED) is 0.513. The zero-order valence-corrected chi connectivity index (χ0v) is 20.5. The van der Waals surface area contributed by atoms with Crippen LogP contribution in [0.3, 0.4) is 0 Å². The minimum Gasteiger partial charge on any atom is -0.492 e. The fraction of sp³-hybridized carbons (Fsp3) is 0.400. The molecule has 1 aliphatic rings. The SMILES string of the molecule is CCC(C)OC(=O)CC1C(=O)NCCN1C(=O)c1cc(Br)ccc1OCCc1ccccc1. The number of carbonyl (C=O) groups excluding carboxylic acids is 3. The molecule has 0 radical (unpaired) electrons. The van der Waals surface area contributed by atoms with Crippen LogP contribution in [0.2, 0.25) is 0 Å². The number of benzene rings is 2. The van der Waals surface area contributed by atoms with Crippen molar-refractivity contribution in [2.75, 3.05) is 19.7 Å². The van der Waals surface area contributed by atoms with E-state index in [4.69, 9.17) is 9.47 Å². The van der Waals surface area contributed by atoms with E-state index in [0.717, 1.165) is 10.0 Å². The molecule has 1 aliphatic heterocycles. The lowest BCUT2D eigenvalue weighted by atomic mass is 10.1. The largest absolute Gasteiger partial charge is 0.492 e. The van der Waals surface area contributed by atoms with Gasteiger partial charge in [0.25, 0.3) is 5.91 Å². The van der Waals surface area contributed by atoms with Gasteiger partial charge in [0.05, 0.1) is 24.7 Å². The standard InChI is InChI=1S/C25H29BrN2O5/c1-3-17(2)33-23(29)16-21-24(30)27-12-13-28(21)25(31)20-15-19(26)9-10-22(20)32-14-11-18-7-5-4-6-8-18/h4-10,15,17,21H,3,11-14,16H2,1-2H3,(H,27,30). The maximum absolute atomic E-state index is 13.5. The number of rotatable bonds is 9. The molecule has 0 saturated carbocycles. The summed E-state index contributed by atoms with van der Waals surface area (Å²) in [6.07, 6.45) is 0.927. The van der Waals surface area contributed by atoms with Crippen LogP contribution in [0.25, 0.3) is 0 Å². The molecule has 1 fully saturated rings. The fourth-order valence-electron chi connectivity index (χ4n) is 3.55. The number of amides is 2. The van der Waals surface area contributed by atoms with Crippen LogP contribution >= 0.6 is 15.9 Å². The second-order valence-electron chi connectivity index (χ2n) is 7.94. The van der Waals surface area contributed by atoms with E-state index in [1.807, 2.05) is 37.3 Å². The topological polar surface area (TPSA) is 84.9 Å². The van der Waals surface area contributed by atoms with Crippen molar-refractivity contribution in [2.45, 2.75) is 45.3 Å². The first-order valence-corrected chi connectivity index (χ1v) is 11.9. The summed E-state index contributed by atoms with van der Waals surface area (Å²) >= 11 is 3.42. The fourth-order valence-corrected chi connectivity index (χ4v) is 3.91. The third-order valence-corrected chi connectivity index (χ3v) is 6.02. The Hall–Kier alpha value is -2.87. The molecular weight excluding hydrogens is 488 g/mol. The molecule has 1 N–H and O–H groups in total. The smallest absolute Gasteiger partial charge is 0.308 e. The van der Waals surface area contributed by atoms with E-state index in [2.05, 4.69) is 21.2 Å². The van der Waals surface area contributed by atoms with E-state index >= 15 is 0 Å². The second kappa shape index (κ2) is 11.8. The summed E-state index contributed by atoms with van der Waals surface area (Å²) < 4.78 is 12.0. The van der Waals surface area contributed by atoms with Gasteiger partial charge in [-0.15, -0.1) is 0 Å². The molecule has 1 saturated heterocycles. The van der Waals surface area contributed by atoms with Crippen molar-refractivity contribution in [1.29, 1.82) is 0 Å². The summed E-state index contributed by atoms with van der Waals surface area (Å²) in [5, 5.41) is 2.74. The number of hydrogen-bond acceptors (Lipinski definition) is 5. The number of nitrogens with zero attached hydrogens (tertiary/aromatic N) is 1. The normalized spacial score (nSPS) is 16.6. The van der Waals surface area contributed by atoms with Crippen LogP contribution < -0.4 is 10.1 Å². The van der Waals surface area contributed by atoms with Crippen molar-refractivity contribution in [3.63, 3.8) is 0 Å². The highest BCUT2D eigenvalue weighted by Gasteiger charge is 2.36. The number of carbonyl (C=O) groups is 3. The number of halogens is 1. The first-order valence-electron chi connectivity index (χ1n) is 11.1. The first-order chi connectivity index (χ1) is 15.9. The zero-order valence-electron chi connectivity index (χ0n) is 18.9. The molecule has 2 aromatic carbocycles. The Labute approximate surface area is 202 Å². The average molecular weight is 517 g/mol. The molecule has 2 unspecified atom stereocenters. The highest BCUT2D eigenvalue weighted by molar-refractivity contribution is 9.10. The Morgan fingerprint density at radius 1 is 1.21 bits per heavy atom. The Kier molecular flexibility index (Phi) is 8.88. The molecular formula is C25H29BrN2O5. The minimum absolute atomic E-state index is 0.194. The summed E-state index contributed by atoms with van der Waals surface area (Å²) in [5.41, 5.74) is 1.47. The Balaban J connectivity index is 1.76. The van der Waals surface area contributed by atoms with Crippen LogP contribution in [0.1, 0.15) is 42.6 Å². The molecule has 0 bridgehead atoms. The summed E-state index contributed by atoms with van der Waals surface area (Å²) in [6, 6.07) is 14.2. The Bertz CT molecular complexity index is 982. The molecule has 33 heavy (non-hydrogen) atoms.